The lowest BCUT2D eigenvalue weighted by atomic mass is 10.0. The second-order valence-corrected chi connectivity index (χ2v) is 4.73. The van der Waals surface area contributed by atoms with E-state index >= 15 is 0 Å². The molecule has 3 rings (SSSR count). The second-order valence-electron chi connectivity index (χ2n) is 4.73. The van der Waals surface area contributed by atoms with Crippen LogP contribution in [0.25, 0.3) is 16.9 Å². The zero-order chi connectivity index (χ0) is 14.3. The summed E-state index contributed by atoms with van der Waals surface area (Å²) in [5, 5.41) is 13.3. The molecule has 3 aromatic rings. The summed E-state index contributed by atoms with van der Waals surface area (Å²) >= 11 is 0. The molecular formula is C15H13N3O2. The van der Waals surface area contributed by atoms with E-state index in [0.29, 0.717) is 5.65 Å². The first-order valence-electron chi connectivity index (χ1n) is 6.21. The molecule has 0 saturated carbocycles. The maximum Gasteiger partial charge on any atom is 0.341 e. The molecule has 2 heterocycles. The minimum atomic E-state index is -1.02. The minimum Gasteiger partial charge on any atom is -0.477 e. The molecule has 5 heteroatoms. The minimum absolute atomic E-state index is 0.107. The lowest BCUT2D eigenvalue weighted by molar-refractivity contribution is 0.0699. The van der Waals surface area contributed by atoms with Gasteiger partial charge in [0, 0.05) is 11.8 Å². The summed E-state index contributed by atoms with van der Waals surface area (Å²) in [5.41, 5.74) is 4.67. The van der Waals surface area contributed by atoms with Crippen LogP contribution in [-0.2, 0) is 0 Å². The van der Waals surface area contributed by atoms with Crippen LogP contribution in [0.2, 0.25) is 0 Å². The average Bonchev–Trinajstić information content (AvgIpc) is 2.86. The fourth-order valence-corrected chi connectivity index (χ4v) is 2.16. The van der Waals surface area contributed by atoms with E-state index in [9.17, 15) is 4.79 Å². The van der Waals surface area contributed by atoms with E-state index in [1.165, 1.54) is 17.3 Å². The summed E-state index contributed by atoms with van der Waals surface area (Å²) in [7, 11) is 0. The SMILES string of the molecule is Cc1ccc(-c2ccnc3c(C(=O)O)cnn23)cc1C. The van der Waals surface area contributed by atoms with Crippen molar-refractivity contribution in [3.05, 3.63) is 53.3 Å². The van der Waals surface area contributed by atoms with Crippen LogP contribution >= 0.6 is 0 Å². The molecule has 0 bridgehead atoms. The molecule has 1 aromatic carbocycles. The van der Waals surface area contributed by atoms with Gasteiger partial charge in [0.2, 0.25) is 0 Å². The van der Waals surface area contributed by atoms with Crippen LogP contribution in [0.3, 0.4) is 0 Å². The largest absolute Gasteiger partial charge is 0.477 e. The Hall–Kier alpha value is -2.69. The van der Waals surface area contributed by atoms with Crippen LogP contribution in [0.4, 0.5) is 0 Å². The lowest BCUT2D eigenvalue weighted by Gasteiger charge is -2.07. The Balaban J connectivity index is 2.26. The first kappa shape index (κ1) is 12.3. The van der Waals surface area contributed by atoms with Crippen molar-refractivity contribution >= 4 is 11.6 Å². The average molecular weight is 267 g/mol. The number of carboxylic acids is 1. The van der Waals surface area contributed by atoms with Crippen molar-refractivity contribution in [3.8, 4) is 11.3 Å². The van der Waals surface area contributed by atoms with Crippen molar-refractivity contribution < 1.29 is 9.90 Å². The van der Waals surface area contributed by atoms with Crippen molar-refractivity contribution in [2.24, 2.45) is 0 Å². The Morgan fingerprint density at radius 1 is 1.20 bits per heavy atom. The van der Waals surface area contributed by atoms with E-state index in [4.69, 9.17) is 5.11 Å². The van der Waals surface area contributed by atoms with Gasteiger partial charge in [0.05, 0.1) is 11.9 Å². The van der Waals surface area contributed by atoms with E-state index < -0.39 is 5.97 Å². The monoisotopic (exact) mass is 267 g/mol. The predicted octanol–water partition coefficient (Wildman–Crippen LogP) is 2.71. The summed E-state index contributed by atoms with van der Waals surface area (Å²) < 4.78 is 1.56. The quantitative estimate of drug-likeness (QED) is 0.775. The fraction of sp³-hybridized carbons (Fsp3) is 0.133. The number of benzene rings is 1. The highest BCUT2D eigenvalue weighted by molar-refractivity contribution is 5.94. The Labute approximate surface area is 115 Å². The Bertz CT molecular complexity index is 821. The number of hydrogen-bond acceptors (Lipinski definition) is 3. The fourth-order valence-electron chi connectivity index (χ4n) is 2.16. The summed E-state index contributed by atoms with van der Waals surface area (Å²) in [6, 6.07) is 7.93. The summed E-state index contributed by atoms with van der Waals surface area (Å²) in [5.74, 6) is -1.02. The van der Waals surface area contributed by atoms with Gasteiger partial charge in [-0.3, -0.25) is 0 Å². The first-order valence-corrected chi connectivity index (χ1v) is 6.21. The summed E-state index contributed by atoms with van der Waals surface area (Å²) in [4.78, 5) is 15.2. The third kappa shape index (κ3) is 1.84. The van der Waals surface area contributed by atoms with Crippen molar-refractivity contribution in [1.29, 1.82) is 0 Å². The molecular weight excluding hydrogens is 254 g/mol. The molecule has 0 atom stereocenters. The highest BCUT2D eigenvalue weighted by Crippen LogP contribution is 2.23. The van der Waals surface area contributed by atoms with Gasteiger partial charge in [0.25, 0.3) is 0 Å². The smallest absolute Gasteiger partial charge is 0.341 e. The van der Waals surface area contributed by atoms with Gasteiger partial charge >= 0.3 is 5.97 Å². The second kappa shape index (κ2) is 4.45. The Morgan fingerprint density at radius 3 is 2.70 bits per heavy atom. The topological polar surface area (TPSA) is 67.5 Å². The van der Waals surface area contributed by atoms with Crippen LogP contribution in [0.5, 0.6) is 0 Å². The molecule has 0 aliphatic rings. The number of carbonyl (C=O) groups is 1. The highest BCUT2D eigenvalue weighted by atomic mass is 16.4. The highest BCUT2D eigenvalue weighted by Gasteiger charge is 2.15. The number of rotatable bonds is 2. The molecule has 0 amide bonds. The number of carboxylic acid groups (broad SMARTS) is 1. The third-order valence-electron chi connectivity index (χ3n) is 3.43. The van der Waals surface area contributed by atoms with E-state index in [0.717, 1.165) is 11.3 Å². The van der Waals surface area contributed by atoms with Gasteiger partial charge in [0.15, 0.2) is 5.65 Å². The molecule has 0 fully saturated rings. The molecule has 0 saturated heterocycles. The van der Waals surface area contributed by atoms with E-state index in [-0.39, 0.29) is 5.56 Å². The van der Waals surface area contributed by atoms with Crippen LogP contribution in [-0.4, -0.2) is 25.7 Å². The normalized spacial score (nSPS) is 10.9. The maximum atomic E-state index is 11.1. The van der Waals surface area contributed by atoms with E-state index in [1.54, 1.807) is 10.7 Å². The van der Waals surface area contributed by atoms with Gasteiger partial charge in [-0.2, -0.15) is 5.10 Å². The third-order valence-corrected chi connectivity index (χ3v) is 3.43. The molecule has 0 radical (unpaired) electrons. The number of aromatic nitrogens is 3. The van der Waals surface area contributed by atoms with Crippen LogP contribution in [0, 0.1) is 13.8 Å². The molecule has 0 unspecified atom stereocenters. The summed E-state index contributed by atoms with van der Waals surface area (Å²) in [6.45, 7) is 4.10. The molecule has 2 aromatic heterocycles. The van der Waals surface area contributed by atoms with Gasteiger partial charge < -0.3 is 5.11 Å². The predicted molar refractivity (Wildman–Crippen MR) is 74.9 cm³/mol. The number of aryl methyl sites for hydroxylation is 2. The lowest BCUT2D eigenvalue weighted by Crippen LogP contribution is -1.99. The van der Waals surface area contributed by atoms with Crippen molar-refractivity contribution in [2.45, 2.75) is 13.8 Å². The molecule has 20 heavy (non-hydrogen) atoms. The van der Waals surface area contributed by atoms with Gasteiger partial charge in [-0.25, -0.2) is 14.3 Å². The molecule has 0 spiro atoms. The van der Waals surface area contributed by atoms with Gasteiger partial charge in [-0.15, -0.1) is 0 Å². The van der Waals surface area contributed by atoms with Gasteiger partial charge in [-0.05, 0) is 37.1 Å². The zero-order valence-corrected chi connectivity index (χ0v) is 11.2. The molecule has 5 nitrogen and oxygen atoms in total. The van der Waals surface area contributed by atoms with E-state index in [2.05, 4.69) is 23.1 Å². The Kier molecular flexibility index (Phi) is 2.75. The van der Waals surface area contributed by atoms with Crippen molar-refractivity contribution in [2.75, 3.05) is 0 Å². The van der Waals surface area contributed by atoms with Crippen LogP contribution < -0.4 is 0 Å². The van der Waals surface area contributed by atoms with Crippen molar-refractivity contribution in [1.82, 2.24) is 14.6 Å². The molecule has 0 aliphatic carbocycles. The van der Waals surface area contributed by atoms with E-state index in [1.807, 2.05) is 25.1 Å². The maximum absolute atomic E-state index is 11.1. The number of fused-ring (bicyclic) bond motifs is 1. The van der Waals surface area contributed by atoms with Crippen LogP contribution in [0.1, 0.15) is 21.5 Å². The number of nitrogens with zero attached hydrogens (tertiary/aromatic N) is 3. The number of aromatic carboxylic acids is 1. The molecule has 1 N–H and O–H groups in total. The van der Waals surface area contributed by atoms with Gasteiger partial charge in [0.1, 0.15) is 5.56 Å². The van der Waals surface area contributed by atoms with Crippen LogP contribution in [0.15, 0.2) is 36.7 Å². The standard InChI is InChI=1S/C15H13N3O2/c1-9-3-4-11(7-10(9)2)13-5-6-16-14-12(15(19)20)8-17-18(13)14/h3-8H,1-2H3,(H,19,20). The Morgan fingerprint density at radius 2 is 2.00 bits per heavy atom. The van der Waals surface area contributed by atoms with Gasteiger partial charge in [-0.1, -0.05) is 12.1 Å². The first-order chi connectivity index (χ1) is 9.58. The molecule has 0 aliphatic heterocycles. The zero-order valence-electron chi connectivity index (χ0n) is 11.2. The summed E-state index contributed by atoms with van der Waals surface area (Å²) in [6.07, 6.45) is 2.93. The van der Waals surface area contributed by atoms with Crippen molar-refractivity contribution in [3.63, 3.8) is 0 Å². The number of hydrogen-bond donors (Lipinski definition) is 1. The molecule has 100 valence electrons.